The van der Waals surface area contributed by atoms with Crippen molar-refractivity contribution in [2.45, 2.75) is 43.9 Å². The van der Waals surface area contributed by atoms with Crippen molar-refractivity contribution in [2.24, 2.45) is 5.92 Å². The second-order valence-corrected chi connectivity index (χ2v) is 10.7. The lowest BCUT2D eigenvalue weighted by Crippen LogP contribution is -2.56. The Labute approximate surface area is 231 Å². The third kappa shape index (κ3) is 6.26. The van der Waals surface area contributed by atoms with E-state index in [0.717, 1.165) is 14.2 Å². The van der Waals surface area contributed by atoms with Crippen molar-refractivity contribution in [3.8, 4) is 0 Å². The highest BCUT2D eigenvalue weighted by molar-refractivity contribution is 6.36. The molecule has 0 amide bonds. The number of carbonyl (C=O) groups excluding carboxylic acids is 4. The molecule has 1 heterocycles. The van der Waals surface area contributed by atoms with Crippen LogP contribution in [0, 0.1) is 5.92 Å². The zero-order valence-corrected chi connectivity index (χ0v) is 23.1. The number of carbonyl (C=O) groups is 4. The van der Waals surface area contributed by atoms with E-state index in [-0.39, 0.29) is 0 Å². The molecule has 1 N–H and O–H groups in total. The van der Waals surface area contributed by atoms with Crippen molar-refractivity contribution in [3.63, 3.8) is 0 Å². The van der Waals surface area contributed by atoms with Gasteiger partial charge in [-0.2, -0.15) is 0 Å². The minimum absolute atomic E-state index is 0.422. The lowest BCUT2D eigenvalue weighted by atomic mass is 9.72. The molecule has 8 nitrogen and oxygen atoms in total. The molecule has 0 spiro atoms. The van der Waals surface area contributed by atoms with E-state index < -0.39 is 52.7 Å². The molecule has 1 fully saturated rings. The van der Waals surface area contributed by atoms with Crippen molar-refractivity contribution >= 4 is 53.0 Å². The van der Waals surface area contributed by atoms with Crippen molar-refractivity contribution in [1.82, 2.24) is 5.32 Å². The summed E-state index contributed by atoms with van der Waals surface area (Å²) in [5.74, 6) is -6.25. The topological polar surface area (TPSA) is 108 Å². The van der Waals surface area contributed by atoms with Gasteiger partial charge in [-0.25, -0.2) is 9.59 Å². The van der Waals surface area contributed by atoms with E-state index in [2.05, 4.69) is 5.32 Å². The van der Waals surface area contributed by atoms with Crippen LogP contribution in [0.3, 0.4) is 0 Å². The molecule has 0 saturated carbocycles. The van der Waals surface area contributed by atoms with Gasteiger partial charge in [-0.3, -0.25) is 14.9 Å². The molecule has 1 aliphatic heterocycles. The fourth-order valence-corrected chi connectivity index (χ4v) is 4.78. The molecule has 0 aliphatic carbocycles. The zero-order chi connectivity index (χ0) is 28.3. The molecule has 3 rings (SSSR count). The predicted octanol–water partition coefficient (Wildman–Crippen LogP) is 4.37. The maximum atomic E-state index is 13.6. The molecule has 0 aromatic heterocycles. The van der Waals surface area contributed by atoms with Crippen LogP contribution < -0.4 is 5.32 Å². The third-order valence-corrected chi connectivity index (χ3v) is 6.62. The quantitative estimate of drug-likeness (QED) is 0.301. The summed E-state index contributed by atoms with van der Waals surface area (Å²) in [4.78, 5) is 53.2. The Hall–Kier alpha value is -3.20. The Morgan fingerprint density at radius 3 is 1.95 bits per heavy atom. The number of esters is 3. The van der Waals surface area contributed by atoms with Crippen LogP contribution in [0.2, 0.25) is 10.0 Å². The average Bonchev–Trinajstić information content (AvgIpc) is 3.23. The van der Waals surface area contributed by atoms with Crippen LogP contribution in [0.5, 0.6) is 0 Å². The summed E-state index contributed by atoms with van der Waals surface area (Å²) in [6.07, 6.45) is 3.00. The molecule has 202 valence electrons. The molecular weight excluding hydrogens is 533 g/mol. The number of halogens is 2. The van der Waals surface area contributed by atoms with E-state index in [1.54, 1.807) is 75.4 Å². The van der Waals surface area contributed by atoms with Gasteiger partial charge >= 0.3 is 17.9 Å². The van der Waals surface area contributed by atoms with E-state index in [1.807, 2.05) is 0 Å². The van der Waals surface area contributed by atoms with Gasteiger partial charge in [-0.1, -0.05) is 59.6 Å². The highest BCUT2D eigenvalue weighted by atomic mass is 35.5. The first kappa shape index (κ1) is 29.4. The van der Waals surface area contributed by atoms with E-state index in [4.69, 9.17) is 37.4 Å². The Balaban J connectivity index is 2.28. The van der Waals surface area contributed by atoms with Gasteiger partial charge in [0.15, 0.2) is 0 Å². The molecule has 0 unspecified atom stereocenters. The minimum Gasteiger partial charge on any atom is -0.467 e. The van der Waals surface area contributed by atoms with Gasteiger partial charge < -0.3 is 14.2 Å². The first-order valence-electron chi connectivity index (χ1n) is 11.7. The summed E-state index contributed by atoms with van der Waals surface area (Å²) in [7, 11) is 2.22. The molecular formula is C28H29Cl2NO7. The molecule has 1 saturated heterocycles. The predicted molar refractivity (Wildman–Crippen MR) is 143 cm³/mol. The second kappa shape index (κ2) is 11.7. The summed E-state index contributed by atoms with van der Waals surface area (Å²) in [5.41, 5.74) is -1.69. The van der Waals surface area contributed by atoms with Crippen molar-refractivity contribution in [2.75, 3.05) is 14.2 Å². The van der Waals surface area contributed by atoms with E-state index in [9.17, 15) is 19.2 Å². The largest absolute Gasteiger partial charge is 0.467 e. The van der Waals surface area contributed by atoms with Crippen LogP contribution in [0.25, 0.3) is 6.08 Å². The molecule has 2 aromatic rings. The normalized spacial score (nSPS) is 23.2. The number of ketones is 1. The van der Waals surface area contributed by atoms with Gasteiger partial charge in [0, 0.05) is 16.0 Å². The number of Topliss-reactive ketones (excluding diaryl/α,β-unsaturated/α-hetero) is 1. The Morgan fingerprint density at radius 2 is 1.45 bits per heavy atom. The van der Waals surface area contributed by atoms with Gasteiger partial charge in [-0.15, -0.1) is 0 Å². The van der Waals surface area contributed by atoms with Crippen LogP contribution in [0.15, 0.2) is 54.6 Å². The van der Waals surface area contributed by atoms with E-state index >= 15 is 0 Å². The Bertz CT molecular complexity index is 1240. The fourth-order valence-electron chi connectivity index (χ4n) is 4.53. The van der Waals surface area contributed by atoms with Crippen molar-refractivity contribution in [1.29, 1.82) is 0 Å². The molecule has 2 aromatic carbocycles. The van der Waals surface area contributed by atoms with E-state index in [1.165, 1.54) is 6.08 Å². The lowest BCUT2D eigenvalue weighted by molar-refractivity contribution is -0.158. The summed E-state index contributed by atoms with van der Waals surface area (Å²) >= 11 is 12.1. The van der Waals surface area contributed by atoms with Gasteiger partial charge in [-0.05, 0) is 56.2 Å². The number of hydrogen-bond acceptors (Lipinski definition) is 8. The van der Waals surface area contributed by atoms with Gasteiger partial charge in [0.05, 0.1) is 20.1 Å². The molecule has 0 radical (unpaired) electrons. The zero-order valence-electron chi connectivity index (χ0n) is 21.6. The van der Waals surface area contributed by atoms with Gasteiger partial charge in [0.2, 0.25) is 5.78 Å². The monoisotopic (exact) mass is 561 g/mol. The smallest absolute Gasteiger partial charge is 0.374 e. The van der Waals surface area contributed by atoms with Crippen LogP contribution in [0.4, 0.5) is 0 Å². The maximum Gasteiger partial charge on any atom is 0.374 e. The fraction of sp³-hybridized carbons (Fsp3) is 0.357. The van der Waals surface area contributed by atoms with Crippen LogP contribution in [-0.2, 0) is 33.4 Å². The van der Waals surface area contributed by atoms with Crippen LogP contribution in [-0.4, -0.2) is 55.1 Å². The number of ether oxygens (including phenoxy) is 3. The number of nitrogens with one attached hydrogen (secondary N) is 1. The number of benzene rings is 2. The minimum atomic E-state index is -1.94. The van der Waals surface area contributed by atoms with Gasteiger partial charge in [0.1, 0.15) is 17.2 Å². The Morgan fingerprint density at radius 1 is 0.895 bits per heavy atom. The number of methoxy groups -OCH3 is 2. The van der Waals surface area contributed by atoms with Crippen LogP contribution >= 0.6 is 23.2 Å². The average molecular weight is 562 g/mol. The SMILES string of the molecule is COC(=O)C(=O)[C@@H]1[C@@H](c2ccc(Cl)cc2)[C@H](C(=O)OC(C)(C)C)N[C@]1(/C=C/c1ccc(Cl)cc1)C(=O)OC. The first-order valence-corrected chi connectivity index (χ1v) is 12.5. The first-order chi connectivity index (χ1) is 17.8. The van der Waals surface area contributed by atoms with Crippen LogP contribution in [0.1, 0.15) is 37.8 Å². The number of rotatable bonds is 7. The third-order valence-electron chi connectivity index (χ3n) is 6.12. The highest BCUT2D eigenvalue weighted by Gasteiger charge is 2.64. The second-order valence-electron chi connectivity index (χ2n) is 9.81. The number of hydrogen-bond donors (Lipinski definition) is 1. The van der Waals surface area contributed by atoms with E-state index in [0.29, 0.717) is 21.2 Å². The summed E-state index contributed by atoms with van der Waals surface area (Å²) in [6.45, 7) is 5.09. The molecule has 1 aliphatic rings. The van der Waals surface area contributed by atoms with Gasteiger partial charge in [0.25, 0.3) is 0 Å². The lowest BCUT2D eigenvalue weighted by Gasteiger charge is -2.30. The molecule has 38 heavy (non-hydrogen) atoms. The van der Waals surface area contributed by atoms with Crippen molar-refractivity contribution in [3.05, 3.63) is 75.8 Å². The molecule has 4 atom stereocenters. The molecule has 10 heteroatoms. The summed E-state index contributed by atoms with van der Waals surface area (Å²) < 4.78 is 15.5. The maximum absolute atomic E-state index is 13.6. The summed E-state index contributed by atoms with van der Waals surface area (Å²) in [6, 6.07) is 11.9. The highest BCUT2D eigenvalue weighted by Crippen LogP contribution is 2.46. The standard InChI is InChI=1S/C28H29Cl2NO7/c1-27(2,3)38-24(33)22-20(17-8-12-19(30)13-9-17)21(23(32)25(34)36-4)28(31-22,26(35)37-5)15-14-16-6-10-18(29)11-7-16/h6-15,20-22,31H,1-5H3/b15-14+/t20-,21+,22-,28+/m1/s1. The van der Waals surface area contributed by atoms with Crippen molar-refractivity contribution < 1.29 is 33.4 Å². The molecule has 0 bridgehead atoms. The summed E-state index contributed by atoms with van der Waals surface area (Å²) in [5, 5.41) is 3.94. The Kier molecular flexibility index (Phi) is 9.02.